The predicted octanol–water partition coefficient (Wildman–Crippen LogP) is 1.67. The minimum atomic E-state index is 0.613. The molecule has 0 aliphatic carbocycles. The fraction of sp³-hybridized carbons (Fsp3) is 0.333. The van der Waals surface area contributed by atoms with Gasteiger partial charge in [0.2, 0.25) is 0 Å². The molecule has 0 N–H and O–H groups in total. The number of carbonyl (C=O) groups excluding carboxylic acids is 2. The summed E-state index contributed by atoms with van der Waals surface area (Å²) in [5, 5.41) is 0. The maximum absolute atomic E-state index is 9.86. The number of allylic oxidation sites excluding steroid dienone is 4. The lowest BCUT2D eigenvalue weighted by atomic mass is 10.2. The summed E-state index contributed by atoms with van der Waals surface area (Å²) in [6.45, 7) is 0. The second-order valence-corrected chi connectivity index (χ2v) is 2.05. The van der Waals surface area contributed by atoms with Crippen LogP contribution in [0.4, 0.5) is 0 Å². The van der Waals surface area contributed by atoms with E-state index < -0.39 is 0 Å². The maximum Gasteiger partial charge on any atom is 0.142 e. The first-order valence-corrected chi connectivity index (χ1v) is 3.62. The lowest BCUT2D eigenvalue weighted by molar-refractivity contribution is -0.108. The number of aldehydes is 2. The molecule has 0 rings (SSSR count). The molecule has 0 aromatic rings. The average molecular weight is 152 g/mol. The molecule has 0 aliphatic rings. The molecule has 0 aromatic heterocycles. The minimum Gasteiger partial charge on any atom is -0.303 e. The van der Waals surface area contributed by atoms with Gasteiger partial charge in [0, 0.05) is 6.42 Å². The van der Waals surface area contributed by atoms with Crippen molar-refractivity contribution >= 4 is 12.6 Å². The molecule has 2 nitrogen and oxygen atoms in total. The number of carbonyl (C=O) groups is 2. The first-order chi connectivity index (χ1) is 5.41. The zero-order valence-electron chi connectivity index (χ0n) is 6.40. The van der Waals surface area contributed by atoms with Crippen LogP contribution in [0.1, 0.15) is 19.3 Å². The Morgan fingerprint density at radius 1 is 0.909 bits per heavy atom. The molecule has 0 radical (unpaired) electrons. The van der Waals surface area contributed by atoms with Crippen LogP contribution in [-0.4, -0.2) is 12.6 Å². The highest BCUT2D eigenvalue weighted by Gasteiger charge is 1.79. The summed E-state index contributed by atoms with van der Waals surface area (Å²) >= 11 is 0. The summed E-state index contributed by atoms with van der Waals surface area (Å²) in [5.74, 6) is 0. The zero-order valence-corrected chi connectivity index (χ0v) is 6.40. The van der Waals surface area contributed by atoms with Crippen molar-refractivity contribution in [2.75, 3.05) is 0 Å². The fourth-order valence-electron chi connectivity index (χ4n) is 0.603. The normalized spacial score (nSPS) is 10.9. The van der Waals surface area contributed by atoms with Crippen molar-refractivity contribution in [3.63, 3.8) is 0 Å². The summed E-state index contributed by atoms with van der Waals surface area (Å²) in [4.78, 5) is 19.6. The SMILES string of the molecule is O=C/C=C/C=C/CCCC=O. The van der Waals surface area contributed by atoms with Gasteiger partial charge in [-0.1, -0.05) is 18.2 Å². The van der Waals surface area contributed by atoms with Crippen LogP contribution in [0.15, 0.2) is 24.3 Å². The molecule has 0 saturated heterocycles. The van der Waals surface area contributed by atoms with Gasteiger partial charge in [-0.2, -0.15) is 0 Å². The van der Waals surface area contributed by atoms with E-state index in [4.69, 9.17) is 0 Å². The average Bonchev–Trinajstić information content (AvgIpc) is 2.03. The molecule has 2 heteroatoms. The molecule has 0 amide bonds. The summed E-state index contributed by atoms with van der Waals surface area (Å²) < 4.78 is 0. The second-order valence-electron chi connectivity index (χ2n) is 2.05. The van der Waals surface area contributed by atoms with Gasteiger partial charge >= 0.3 is 0 Å². The Morgan fingerprint density at radius 3 is 2.36 bits per heavy atom. The van der Waals surface area contributed by atoms with E-state index in [1.165, 1.54) is 6.08 Å². The third-order valence-corrected chi connectivity index (χ3v) is 1.13. The van der Waals surface area contributed by atoms with Crippen LogP contribution in [0.3, 0.4) is 0 Å². The summed E-state index contributed by atoms with van der Waals surface area (Å²) in [7, 11) is 0. The van der Waals surface area contributed by atoms with Gasteiger partial charge in [0.1, 0.15) is 12.6 Å². The second kappa shape index (κ2) is 8.82. The van der Waals surface area contributed by atoms with Crippen molar-refractivity contribution in [3.05, 3.63) is 24.3 Å². The van der Waals surface area contributed by atoms with Gasteiger partial charge in [0.25, 0.3) is 0 Å². The van der Waals surface area contributed by atoms with Gasteiger partial charge in [0.15, 0.2) is 0 Å². The molecule has 0 fully saturated rings. The van der Waals surface area contributed by atoms with Crippen LogP contribution in [0.5, 0.6) is 0 Å². The van der Waals surface area contributed by atoms with Crippen molar-refractivity contribution in [3.8, 4) is 0 Å². The smallest absolute Gasteiger partial charge is 0.142 e. The highest BCUT2D eigenvalue weighted by Crippen LogP contribution is 1.93. The van der Waals surface area contributed by atoms with Crippen molar-refractivity contribution in [1.82, 2.24) is 0 Å². The van der Waals surface area contributed by atoms with Gasteiger partial charge in [0.05, 0.1) is 0 Å². The molecule has 0 aliphatic heterocycles. The maximum atomic E-state index is 9.86. The van der Waals surface area contributed by atoms with Crippen LogP contribution >= 0.6 is 0 Å². The van der Waals surface area contributed by atoms with Crippen LogP contribution in [0.25, 0.3) is 0 Å². The van der Waals surface area contributed by atoms with Gasteiger partial charge in [-0.3, -0.25) is 4.79 Å². The highest BCUT2D eigenvalue weighted by molar-refractivity contribution is 5.65. The fourth-order valence-corrected chi connectivity index (χ4v) is 0.603. The van der Waals surface area contributed by atoms with E-state index in [0.29, 0.717) is 6.42 Å². The quantitative estimate of drug-likeness (QED) is 0.251. The molecular formula is C9H12O2. The standard InChI is InChI=1S/C9H12O2/c10-8-6-4-2-1-3-5-7-9-11/h1-2,4,6,8-9H,3,5,7H2/b2-1+,6-4+. The van der Waals surface area contributed by atoms with E-state index in [2.05, 4.69) is 0 Å². The van der Waals surface area contributed by atoms with E-state index in [9.17, 15) is 9.59 Å². The summed E-state index contributed by atoms with van der Waals surface area (Å²) in [6, 6.07) is 0. The summed E-state index contributed by atoms with van der Waals surface area (Å²) in [5.41, 5.74) is 0. The van der Waals surface area contributed by atoms with Crippen LogP contribution in [-0.2, 0) is 9.59 Å². The van der Waals surface area contributed by atoms with E-state index >= 15 is 0 Å². The highest BCUT2D eigenvalue weighted by atomic mass is 16.1. The lowest BCUT2D eigenvalue weighted by Crippen LogP contribution is -1.72. The lowest BCUT2D eigenvalue weighted by Gasteiger charge is -1.84. The molecule has 11 heavy (non-hydrogen) atoms. The zero-order chi connectivity index (χ0) is 8.36. The van der Waals surface area contributed by atoms with Crippen LogP contribution in [0.2, 0.25) is 0 Å². The molecule has 0 atom stereocenters. The first-order valence-electron chi connectivity index (χ1n) is 3.62. The van der Waals surface area contributed by atoms with Gasteiger partial charge in [-0.05, 0) is 18.9 Å². The number of hydrogen-bond donors (Lipinski definition) is 0. The minimum absolute atomic E-state index is 0.613. The largest absolute Gasteiger partial charge is 0.303 e. The van der Waals surface area contributed by atoms with E-state index in [1.807, 2.05) is 6.08 Å². The summed E-state index contributed by atoms with van der Waals surface area (Å²) in [6.07, 6.45) is 10.9. The molecule has 0 heterocycles. The Hall–Kier alpha value is -1.18. The Labute approximate surface area is 66.6 Å². The monoisotopic (exact) mass is 152 g/mol. The van der Waals surface area contributed by atoms with Crippen molar-refractivity contribution in [1.29, 1.82) is 0 Å². The topological polar surface area (TPSA) is 34.1 Å². The molecule has 0 spiro atoms. The molecule has 60 valence electrons. The molecule has 0 bridgehead atoms. The Morgan fingerprint density at radius 2 is 1.73 bits per heavy atom. The van der Waals surface area contributed by atoms with E-state index in [0.717, 1.165) is 25.4 Å². The first kappa shape index (κ1) is 9.82. The van der Waals surface area contributed by atoms with Crippen molar-refractivity contribution in [2.24, 2.45) is 0 Å². The van der Waals surface area contributed by atoms with Crippen LogP contribution in [0, 0.1) is 0 Å². The molecule has 0 saturated carbocycles. The van der Waals surface area contributed by atoms with E-state index in [-0.39, 0.29) is 0 Å². The van der Waals surface area contributed by atoms with Gasteiger partial charge in [-0.25, -0.2) is 0 Å². The molecule has 0 aromatic carbocycles. The predicted molar refractivity (Wildman–Crippen MR) is 44.3 cm³/mol. The third-order valence-electron chi connectivity index (χ3n) is 1.13. The van der Waals surface area contributed by atoms with Crippen molar-refractivity contribution in [2.45, 2.75) is 19.3 Å². The third kappa shape index (κ3) is 8.82. The molecule has 0 unspecified atom stereocenters. The van der Waals surface area contributed by atoms with E-state index in [1.54, 1.807) is 12.2 Å². The Kier molecular flexibility index (Phi) is 7.87. The number of hydrogen-bond acceptors (Lipinski definition) is 2. The van der Waals surface area contributed by atoms with Gasteiger partial charge in [-0.15, -0.1) is 0 Å². The Bertz CT molecular complexity index is 157. The van der Waals surface area contributed by atoms with Gasteiger partial charge < -0.3 is 4.79 Å². The molecular weight excluding hydrogens is 140 g/mol. The van der Waals surface area contributed by atoms with Crippen molar-refractivity contribution < 1.29 is 9.59 Å². The van der Waals surface area contributed by atoms with Crippen LogP contribution < -0.4 is 0 Å². The Balaban J connectivity index is 3.22. The number of rotatable bonds is 6. The number of unbranched alkanes of at least 4 members (excludes halogenated alkanes) is 2.